The monoisotopic (exact) mass is 259 g/mol. The Morgan fingerprint density at radius 3 is 2.29 bits per heavy atom. The molecule has 17 heavy (non-hydrogen) atoms. The van der Waals surface area contributed by atoms with Crippen LogP contribution < -0.4 is 0 Å². The summed E-state index contributed by atoms with van der Waals surface area (Å²) in [6.07, 6.45) is -0.193. The van der Waals surface area contributed by atoms with Crippen LogP contribution in [0.5, 0.6) is 0 Å². The van der Waals surface area contributed by atoms with E-state index in [1.54, 1.807) is 0 Å². The van der Waals surface area contributed by atoms with E-state index >= 15 is 0 Å². The van der Waals surface area contributed by atoms with E-state index in [-0.39, 0.29) is 35.7 Å². The van der Waals surface area contributed by atoms with Gasteiger partial charge in [-0.15, -0.1) is 0 Å². The fourth-order valence-corrected chi connectivity index (χ4v) is 2.65. The number of hydrogen-bond donors (Lipinski definition) is 2. The predicted octanol–water partition coefficient (Wildman–Crippen LogP) is 2.40. The van der Waals surface area contributed by atoms with Crippen LogP contribution in [0.4, 0.5) is 0 Å². The van der Waals surface area contributed by atoms with Gasteiger partial charge in [0.15, 0.2) is 0 Å². The van der Waals surface area contributed by atoms with Gasteiger partial charge in [0.25, 0.3) is 0 Å². The first-order valence-corrected chi connectivity index (χ1v) is 6.79. The third-order valence-electron chi connectivity index (χ3n) is 2.58. The molecule has 0 aromatic rings. The van der Waals surface area contributed by atoms with Crippen molar-refractivity contribution in [2.45, 2.75) is 13.1 Å². The van der Waals surface area contributed by atoms with Crippen LogP contribution in [-0.2, 0) is 10.7 Å². The van der Waals surface area contributed by atoms with Crippen LogP contribution >= 0.6 is 7.60 Å². The largest absolute Gasteiger partial charge is 0.329 e. The Morgan fingerprint density at radius 1 is 1.12 bits per heavy atom. The van der Waals surface area contributed by atoms with E-state index in [2.05, 4.69) is 0 Å². The SMILES string of the molecule is Cc1cc(CP(=O)(O)O)c2cccccc1-2.[Na]. The van der Waals surface area contributed by atoms with Crippen LogP contribution in [0.2, 0.25) is 0 Å². The molecule has 0 saturated heterocycles. The van der Waals surface area contributed by atoms with Gasteiger partial charge < -0.3 is 9.79 Å². The summed E-state index contributed by atoms with van der Waals surface area (Å²) < 4.78 is 11.0. The first kappa shape index (κ1) is 14.9. The molecule has 3 nitrogen and oxygen atoms in total. The molecule has 0 aliphatic heterocycles. The summed E-state index contributed by atoms with van der Waals surface area (Å²) in [4.78, 5) is 18.0. The van der Waals surface area contributed by atoms with Gasteiger partial charge in [0.1, 0.15) is 0 Å². The van der Waals surface area contributed by atoms with Gasteiger partial charge in [-0.05, 0) is 29.2 Å². The second kappa shape index (κ2) is 5.66. The Balaban J connectivity index is 0.00000144. The van der Waals surface area contributed by atoms with Crippen LogP contribution in [0.3, 0.4) is 0 Å². The normalized spacial score (nSPS) is 11.2. The van der Waals surface area contributed by atoms with Crippen molar-refractivity contribution in [3.63, 3.8) is 0 Å². The molecule has 0 fully saturated rings. The minimum Gasteiger partial charge on any atom is -0.324 e. The maximum absolute atomic E-state index is 11.0. The number of hydrogen-bond acceptors (Lipinski definition) is 1. The third-order valence-corrected chi connectivity index (χ3v) is 3.33. The van der Waals surface area contributed by atoms with Crippen LogP contribution in [0.1, 0.15) is 11.1 Å². The molecule has 0 aromatic carbocycles. The topological polar surface area (TPSA) is 57.5 Å². The average molecular weight is 259 g/mol. The minimum atomic E-state index is -4.00. The quantitative estimate of drug-likeness (QED) is 0.643. The van der Waals surface area contributed by atoms with E-state index in [0.717, 1.165) is 22.3 Å². The molecule has 5 heteroatoms. The first-order valence-electron chi connectivity index (χ1n) is 4.99. The fraction of sp³-hybridized carbons (Fsp3) is 0.167. The smallest absolute Gasteiger partial charge is 0.324 e. The van der Waals surface area contributed by atoms with E-state index in [1.807, 2.05) is 43.3 Å². The van der Waals surface area contributed by atoms with Crippen molar-refractivity contribution in [3.8, 4) is 11.1 Å². The molecule has 0 aromatic heterocycles. The third kappa shape index (κ3) is 3.65. The minimum absolute atomic E-state index is 0. The Labute approximate surface area is 123 Å². The van der Waals surface area contributed by atoms with Crippen molar-refractivity contribution in [3.05, 3.63) is 47.5 Å². The molecule has 2 aliphatic rings. The maximum Gasteiger partial charge on any atom is 0.329 e. The number of fused-ring (bicyclic) bond motifs is 1. The molecule has 2 N–H and O–H groups in total. The Hall–Kier alpha value is -0.150. The second-order valence-corrected chi connectivity index (χ2v) is 5.56. The van der Waals surface area contributed by atoms with Crippen LogP contribution in [-0.4, -0.2) is 39.3 Å². The van der Waals surface area contributed by atoms with Gasteiger partial charge >= 0.3 is 7.60 Å². The van der Waals surface area contributed by atoms with Gasteiger partial charge in [0.2, 0.25) is 0 Å². The summed E-state index contributed by atoms with van der Waals surface area (Å²) in [5.41, 5.74) is 3.74. The zero-order valence-electron chi connectivity index (χ0n) is 9.92. The summed E-state index contributed by atoms with van der Waals surface area (Å²) in [6.45, 7) is 1.95. The van der Waals surface area contributed by atoms with Crippen LogP contribution in [0.25, 0.3) is 11.1 Å². The molecule has 0 heterocycles. The molecule has 0 unspecified atom stereocenters. The van der Waals surface area contributed by atoms with Gasteiger partial charge in [-0.25, -0.2) is 0 Å². The Bertz CT molecular complexity index is 535. The van der Waals surface area contributed by atoms with E-state index < -0.39 is 7.60 Å². The van der Waals surface area contributed by atoms with Crippen molar-refractivity contribution in [2.24, 2.45) is 0 Å². The van der Waals surface area contributed by atoms with Gasteiger partial charge in [0.05, 0.1) is 6.16 Å². The summed E-state index contributed by atoms with van der Waals surface area (Å²) >= 11 is 0. The average Bonchev–Trinajstić information content (AvgIpc) is 2.39. The first-order chi connectivity index (χ1) is 7.47. The molecular weight excluding hydrogens is 246 g/mol. The predicted molar refractivity (Wildman–Crippen MR) is 69.3 cm³/mol. The van der Waals surface area contributed by atoms with Crippen molar-refractivity contribution >= 4 is 37.2 Å². The Morgan fingerprint density at radius 2 is 1.71 bits per heavy atom. The molecule has 0 amide bonds. The molecule has 1 radical (unpaired) electrons. The molecule has 0 saturated carbocycles. The standard InChI is InChI=1S/C12H13O3P.Na/c1-9-7-10(8-16(13,14)15)12-6-4-2-3-5-11(9)12;/h2-7H,8H2,1H3,(H2,13,14,15);. The van der Waals surface area contributed by atoms with Crippen molar-refractivity contribution in [1.29, 1.82) is 0 Å². The molecule has 2 aliphatic carbocycles. The summed E-state index contributed by atoms with van der Waals surface area (Å²) in [6, 6.07) is 11.4. The molecule has 85 valence electrons. The molecular formula is C12H13NaO3P. The van der Waals surface area contributed by atoms with Gasteiger partial charge in [-0.2, -0.15) is 0 Å². The number of rotatable bonds is 2. The number of aryl methyl sites for hydroxylation is 1. The van der Waals surface area contributed by atoms with Crippen molar-refractivity contribution < 1.29 is 14.4 Å². The van der Waals surface area contributed by atoms with Gasteiger partial charge in [0, 0.05) is 29.6 Å². The zero-order valence-corrected chi connectivity index (χ0v) is 12.8. The van der Waals surface area contributed by atoms with Crippen LogP contribution in [0, 0.1) is 6.92 Å². The maximum atomic E-state index is 11.0. The summed E-state index contributed by atoms with van der Waals surface area (Å²) in [5, 5.41) is 0. The van der Waals surface area contributed by atoms with E-state index in [0.29, 0.717) is 0 Å². The zero-order chi connectivity index (χ0) is 11.8. The van der Waals surface area contributed by atoms with Crippen molar-refractivity contribution in [2.75, 3.05) is 0 Å². The Kier molecular flexibility index (Phi) is 4.96. The van der Waals surface area contributed by atoms with Gasteiger partial charge in [-0.1, -0.05) is 36.4 Å². The second-order valence-electron chi connectivity index (χ2n) is 3.91. The van der Waals surface area contributed by atoms with E-state index in [9.17, 15) is 4.57 Å². The molecule has 0 bridgehead atoms. The van der Waals surface area contributed by atoms with Crippen molar-refractivity contribution in [1.82, 2.24) is 0 Å². The van der Waals surface area contributed by atoms with Crippen LogP contribution in [0.15, 0.2) is 36.4 Å². The molecule has 2 rings (SSSR count). The van der Waals surface area contributed by atoms with Gasteiger partial charge in [-0.3, -0.25) is 4.57 Å². The summed E-state index contributed by atoms with van der Waals surface area (Å²) in [5.74, 6) is 0. The van der Waals surface area contributed by atoms with E-state index in [4.69, 9.17) is 9.79 Å². The molecule has 0 atom stereocenters. The summed E-state index contributed by atoms with van der Waals surface area (Å²) in [7, 11) is -4.00. The van der Waals surface area contributed by atoms with E-state index in [1.165, 1.54) is 0 Å². The molecule has 0 spiro atoms. The fourth-order valence-electron chi connectivity index (χ4n) is 1.94.